The Hall–Kier alpha value is -3.53. The molecule has 2 N–H and O–H groups in total. The summed E-state index contributed by atoms with van der Waals surface area (Å²) in [6.07, 6.45) is 2.49. The van der Waals surface area contributed by atoms with Crippen LogP contribution >= 0.6 is 11.6 Å². The summed E-state index contributed by atoms with van der Waals surface area (Å²) in [6.45, 7) is 3.84. The molecule has 0 saturated heterocycles. The molecule has 3 heterocycles. The van der Waals surface area contributed by atoms with Crippen LogP contribution in [0.5, 0.6) is 0 Å². The number of ketones is 1. The molecule has 0 bridgehead atoms. The van der Waals surface area contributed by atoms with Crippen LogP contribution in [0.15, 0.2) is 22.6 Å². The van der Waals surface area contributed by atoms with Crippen LogP contribution in [0.4, 0.5) is 10.1 Å². The van der Waals surface area contributed by atoms with Gasteiger partial charge in [0.1, 0.15) is 17.1 Å². The number of hydrogen-bond acceptors (Lipinski definition) is 6. The molecule has 1 aliphatic carbocycles. The highest BCUT2D eigenvalue weighted by atomic mass is 35.5. The highest BCUT2D eigenvalue weighted by molar-refractivity contribution is 6.44. The van der Waals surface area contributed by atoms with E-state index in [9.17, 15) is 18.8 Å². The van der Waals surface area contributed by atoms with E-state index in [1.165, 1.54) is 12.1 Å². The lowest BCUT2D eigenvalue weighted by Gasteiger charge is -2.13. The molecule has 0 unspecified atom stereocenters. The van der Waals surface area contributed by atoms with E-state index in [0.717, 1.165) is 12.5 Å². The third-order valence-corrected chi connectivity index (χ3v) is 6.56. The van der Waals surface area contributed by atoms with Crippen molar-refractivity contribution in [1.82, 2.24) is 20.1 Å². The minimum atomic E-state index is -0.827. The molecule has 3 aromatic rings. The van der Waals surface area contributed by atoms with Crippen molar-refractivity contribution in [2.75, 3.05) is 5.32 Å². The maximum Gasteiger partial charge on any atom is 0.293 e. The molecular weight excluding hydrogens is 465 g/mol. The van der Waals surface area contributed by atoms with Gasteiger partial charge in [-0.25, -0.2) is 4.39 Å². The van der Waals surface area contributed by atoms with Gasteiger partial charge in [0.15, 0.2) is 0 Å². The second-order valence-corrected chi connectivity index (χ2v) is 9.03. The number of benzene rings is 1. The van der Waals surface area contributed by atoms with Crippen LogP contribution in [0.2, 0.25) is 5.02 Å². The number of aromatic nitrogens is 3. The van der Waals surface area contributed by atoms with Crippen molar-refractivity contribution in [3.05, 3.63) is 63.3 Å². The van der Waals surface area contributed by atoms with Gasteiger partial charge in [0.2, 0.25) is 11.8 Å². The Labute approximate surface area is 198 Å². The van der Waals surface area contributed by atoms with E-state index in [-0.39, 0.29) is 22.2 Å². The Morgan fingerprint density at radius 1 is 1.21 bits per heavy atom. The van der Waals surface area contributed by atoms with Crippen LogP contribution in [0.1, 0.15) is 63.1 Å². The van der Waals surface area contributed by atoms with Gasteiger partial charge in [-0.05, 0) is 56.4 Å². The molecule has 1 saturated carbocycles. The number of nitrogens with one attached hydrogen (secondary N) is 2. The molecule has 2 aromatic heterocycles. The van der Waals surface area contributed by atoms with Crippen molar-refractivity contribution in [2.24, 2.45) is 0 Å². The summed E-state index contributed by atoms with van der Waals surface area (Å²) in [5.74, 6) is -1.90. The van der Waals surface area contributed by atoms with Crippen LogP contribution in [-0.2, 0) is 23.3 Å². The quantitative estimate of drug-likeness (QED) is 0.407. The van der Waals surface area contributed by atoms with E-state index < -0.39 is 29.0 Å². The minimum Gasteiger partial charge on any atom is -0.423 e. The molecule has 9 nitrogen and oxygen atoms in total. The summed E-state index contributed by atoms with van der Waals surface area (Å²) in [5.41, 5.74) is 1.08. The third kappa shape index (κ3) is 3.67. The van der Waals surface area contributed by atoms with Gasteiger partial charge in [0, 0.05) is 24.8 Å². The van der Waals surface area contributed by atoms with Gasteiger partial charge >= 0.3 is 0 Å². The summed E-state index contributed by atoms with van der Waals surface area (Å²) < 4.78 is 20.7. The summed E-state index contributed by atoms with van der Waals surface area (Å²) >= 11 is 5.82. The lowest BCUT2D eigenvalue weighted by atomic mass is 10.0. The topological polar surface area (TPSA) is 119 Å². The number of halogens is 2. The number of aryl methyl sites for hydroxylation is 1. The first-order valence-electron chi connectivity index (χ1n) is 10.9. The second kappa shape index (κ2) is 8.05. The number of anilines is 1. The van der Waals surface area contributed by atoms with Gasteiger partial charge in [-0.3, -0.25) is 14.4 Å². The van der Waals surface area contributed by atoms with E-state index in [1.807, 2.05) is 0 Å². The van der Waals surface area contributed by atoms with E-state index in [0.29, 0.717) is 48.6 Å². The van der Waals surface area contributed by atoms with Crippen molar-refractivity contribution in [3.63, 3.8) is 0 Å². The number of carbonyl (C=O) groups excluding carboxylic acids is 3. The molecule has 176 valence electrons. The maximum atomic E-state index is 13.5. The van der Waals surface area contributed by atoms with Crippen molar-refractivity contribution in [3.8, 4) is 0 Å². The predicted octanol–water partition coefficient (Wildman–Crippen LogP) is 3.47. The van der Waals surface area contributed by atoms with Crippen LogP contribution in [0.3, 0.4) is 0 Å². The highest BCUT2D eigenvalue weighted by Gasteiger charge is 2.51. The van der Waals surface area contributed by atoms with Gasteiger partial charge < -0.3 is 19.6 Å². The molecule has 5 rings (SSSR count). The Balaban J connectivity index is 1.42. The van der Waals surface area contributed by atoms with Crippen molar-refractivity contribution in [2.45, 2.75) is 51.6 Å². The Morgan fingerprint density at radius 2 is 1.97 bits per heavy atom. The Kier molecular flexibility index (Phi) is 5.27. The molecule has 0 atom stereocenters. The lowest BCUT2D eigenvalue weighted by molar-refractivity contribution is -0.118. The highest BCUT2D eigenvalue weighted by Crippen LogP contribution is 2.45. The summed E-state index contributed by atoms with van der Waals surface area (Å²) in [4.78, 5) is 39.3. The van der Waals surface area contributed by atoms with Crippen LogP contribution in [0, 0.1) is 19.7 Å². The van der Waals surface area contributed by atoms with E-state index in [4.69, 9.17) is 16.0 Å². The predicted molar refractivity (Wildman–Crippen MR) is 119 cm³/mol. The molecule has 1 fully saturated rings. The number of hydrogen-bond donors (Lipinski definition) is 2. The molecule has 11 heteroatoms. The lowest BCUT2D eigenvalue weighted by Crippen LogP contribution is -2.40. The van der Waals surface area contributed by atoms with Gasteiger partial charge in [0.05, 0.1) is 10.6 Å². The summed E-state index contributed by atoms with van der Waals surface area (Å²) in [7, 11) is 0. The number of nitrogens with zero attached hydrogens (tertiary/aromatic N) is 3. The number of amides is 2. The molecule has 1 aromatic carbocycles. The van der Waals surface area contributed by atoms with Crippen molar-refractivity contribution < 1.29 is 23.2 Å². The third-order valence-electron chi connectivity index (χ3n) is 6.27. The number of carbonyl (C=O) groups is 3. The summed E-state index contributed by atoms with van der Waals surface area (Å²) in [6, 6.07) is 3.87. The number of Topliss-reactive ketones (excluding diaryl/α,β-unsaturated/α-hetero) is 1. The second-order valence-electron chi connectivity index (χ2n) is 8.63. The van der Waals surface area contributed by atoms with Crippen LogP contribution in [0.25, 0.3) is 0 Å². The average molecular weight is 486 g/mol. The number of fused-ring (bicyclic) bond motifs is 1. The first-order valence-corrected chi connectivity index (χ1v) is 11.2. The maximum absolute atomic E-state index is 13.5. The SMILES string of the molecule is Cc1nnc(C2(NC(=O)C(=O)c3c(C)c(C(=O)Nc4ccc(F)c(Cl)c4)n4c3CCC4)CC2)o1. The van der Waals surface area contributed by atoms with Gasteiger partial charge in [-0.15, -0.1) is 10.2 Å². The van der Waals surface area contributed by atoms with Crippen LogP contribution < -0.4 is 10.6 Å². The van der Waals surface area contributed by atoms with Gasteiger partial charge in [-0.1, -0.05) is 11.6 Å². The zero-order valence-electron chi connectivity index (χ0n) is 18.5. The fourth-order valence-electron chi connectivity index (χ4n) is 4.47. The molecule has 0 spiro atoms. The Morgan fingerprint density at radius 3 is 2.62 bits per heavy atom. The van der Waals surface area contributed by atoms with Gasteiger partial charge in [0.25, 0.3) is 17.6 Å². The van der Waals surface area contributed by atoms with Crippen molar-refractivity contribution >= 4 is 34.9 Å². The zero-order chi connectivity index (χ0) is 24.2. The normalized spacial score (nSPS) is 15.6. The molecular formula is C23H21ClFN5O4. The molecule has 2 amide bonds. The largest absolute Gasteiger partial charge is 0.423 e. The number of rotatable bonds is 6. The standard InChI is InChI=1S/C23H21ClFN5O4/c1-11-17(19(31)21(33)27-23(7-8-23)22-29-28-12(2)34-22)16-4-3-9-30(16)18(11)20(32)26-13-5-6-15(25)14(24)10-13/h5-6,10H,3-4,7-9H2,1-2H3,(H,26,32)(H,27,33). The smallest absolute Gasteiger partial charge is 0.293 e. The van der Waals surface area contributed by atoms with Gasteiger partial charge in [-0.2, -0.15) is 0 Å². The minimum absolute atomic E-state index is 0.118. The fourth-order valence-corrected chi connectivity index (χ4v) is 4.65. The zero-order valence-corrected chi connectivity index (χ0v) is 19.3. The van der Waals surface area contributed by atoms with Crippen molar-refractivity contribution in [1.29, 1.82) is 0 Å². The first-order chi connectivity index (χ1) is 16.2. The first kappa shape index (κ1) is 22.3. The van der Waals surface area contributed by atoms with E-state index >= 15 is 0 Å². The van der Waals surface area contributed by atoms with E-state index in [2.05, 4.69) is 20.8 Å². The monoisotopic (exact) mass is 485 g/mol. The molecule has 34 heavy (non-hydrogen) atoms. The average Bonchev–Trinajstić information content (AvgIpc) is 3.08. The van der Waals surface area contributed by atoms with Crippen LogP contribution in [-0.4, -0.2) is 32.4 Å². The van der Waals surface area contributed by atoms with E-state index in [1.54, 1.807) is 18.4 Å². The molecule has 2 aliphatic rings. The Bertz CT molecular complexity index is 1360. The summed E-state index contributed by atoms with van der Waals surface area (Å²) in [5, 5.41) is 13.1. The fraction of sp³-hybridized carbons (Fsp3) is 0.348. The molecule has 0 radical (unpaired) electrons. The molecule has 1 aliphatic heterocycles.